The van der Waals surface area contributed by atoms with Crippen LogP contribution in [0.4, 0.5) is 5.69 Å². The van der Waals surface area contributed by atoms with Gasteiger partial charge in [-0.3, -0.25) is 9.78 Å². The minimum Gasteiger partial charge on any atom is -0.391 e. The fourth-order valence-corrected chi connectivity index (χ4v) is 2.77. The summed E-state index contributed by atoms with van der Waals surface area (Å²) in [7, 11) is 0. The highest BCUT2D eigenvalue weighted by Crippen LogP contribution is 2.32. The molecule has 1 saturated heterocycles. The van der Waals surface area contributed by atoms with E-state index in [-0.39, 0.29) is 18.2 Å². The third-order valence-electron chi connectivity index (χ3n) is 3.25. The Labute approximate surface area is 114 Å². The molecule has 0 spiro atoms. The normalized spacial score (nSPS) is 23.4. The second-order valence-electron chi connectivity index (χ2n) is 4.63. The first kappa shape index (κ1) is 13.3. The SMILES string of the molecule is Cc1nccc(N2C[C@@H](CC(N)=O)[C@H](O)C2)c1Br. The zero-order chi connectivity index (χ0) is 13.3. The number of anilines is 1. The maximum atomic E-state index is 10.9. The number of pyridine rings is 1. The van der Waals surface area contributed by atoms with Crippen LogP contribution in [0.5, 0.6) is 0 Å². The zero-order valence-electron chi connectivity index (χ0n) is 10.1. The van der Waals surface area contributed by atoms with E-state index in [4.69, 9.17) is 5.73 Å². The molecule has 5 nitrogen and oxygen atoms in total. The lowest BCUT2D eigenvalue weighted by Crippen LogP contribution is -2.24. The van der Waals surface area contributed by atoms with Gasteiger partial charge in [-0.05, 0) is 28.9 Å². The fourth-order valence-electron chi connectivity index (χ4n) is 2.29. The van der Waals surface area contributed by atoms with Gasteiger partial charge >= 0.3 is 0 Å². The van der Waals surface area contributed by atoms with Crippen molar-refractivity contribution in [3.05, 3.63) is 22.4 Å². The highest BCUT2D eigenvalue weighted by atomic mass is 79.9. The maximum absolute atomic E-state index is 10.9. The van der Waals surface area contributed by atoms with Crippen molar-refractivity contribution >= 4 is 27.5 Å². The third-order valence-corrected chi connectivity index (χ3v) is 4.23. The number of amides is 1. The fraction of sp³-hybridized carbons (Fsp3) is 0.500. The molecule has 0 aliphatic carbocycles. The van der Waals surface area contributed by atoms with Crippen molar-refractivity contribution in [2.45, 2.75) is 19.4 Å². The summed E-state index contributed by atoms with van der Waals surface area (Å²) in [6.07, 6.45) is 1.45. The van der Waals surface area contributed by atoms with E-state index in [2.05, 4.69) is 25.8 Å². The summed E-state index contributed by atoms with van der Waals surface area (Å²) in [6.45, 7) is 3.06. The Morgan fingerprint density at radius 2 is 2.39 bits per heavy atom. The lowest BCUT2D eigenvalue weighted by Gasteiger charge is -2.20. The molecule has 2 rings (SSSR count). The van der Waals surface area contributed by atoms with Crippen LogP contribution in [0.15, 0.2) is 16.7 Å². The number of aliphatic hydroxyl groups is 1. The Hall–Kier alpha value is -1.14. The van der Waals surface area contributed by atoms with Crippen molar-refractivity contribution in [1.29, 1.82) is 0 Å². The van der Waals surface area contributed by atoms with Gasteiger partial charge in [-0.2, -0.15) is 0 Å². The second-order valence-corrected chi connectivity index (χ2v) is 5.43. The van der Waals surface area contributed by atoms with E-state index < -0.39 is 6.10 Å². The molecule has 1 fully saturated rings. The van der Waals surface area contributed by atoms with Gasteiger partial charge < -0.3 is 15.7 Å². The summed E-state index contributed by atoms with van der Waals surface area (Å²) >= 11 is 3.50. The first-order valence-electron chi connectivity index (χ1n) is 5.81. The second kappa shape index (κ2) is 5.24. The van der Waals surface area contributed by atoms with Crippen molar-refractivity contribution in [3.63, 3.8) is 0 Å². The van der Waals surface area contributed by atoms with Crippen LogP contribution < -0.4 is 10.6 Å². The molecule has 6 heteroatoms. The van der Waals surface area contributed by atoms with Crippen LogP contribution in [0, 0.1) is 12.8 Å². The molecule has 0 bridgehead atoms. The van der Waals surface area contributed by atoms with Gasteiger partial charge in [-0.1, -0.05) is 0 Å². The lowest BCUT2D eigenvalue weighted by atomic mass is 10.0. The first-order chi connectivity index (χ1) is 8.49. The van der Waals surface area contributed by atoms with Gasteiger partial charge in [0.1, 0.15) is 0 Å². The molecule has 1 aromatic heterocycles. The Morgan fingerprint density at radius 3 is 3.06 bits per heavy atom. The van der Waals surface area contributed by atoms with Crippen LogP contribution in [0.3, 0.4) is 0 Å². The minimum atomic E-state index is -0.516. The number of carbonyl (C=O) groups excluding carboxylic acids is 1. The molecular formula is C12H16BrN3O2. The highest BCUT2D eigenvalue weighted by Gasteiger charge is 2.33. The summed E-state index contributed by atoms with van der Waals surface area (Å²) in [5.74, 6) is -0.464. The minimum absolute atomic E-state index is 0.0946. The van der Waals surface area contributed by atoms with E-state index in [0.29, 0.717) is 13.1 Å². The number of nitrogens with two attached hydrogens (primary N) is 1. The van der Waals surface area contributed by atoms with E-state index in [1.807, 2.05) is 13.0 Å². The molecule has 2 atom stereocenters. The van der Waals surface area contributed by atoms with E-state index in [1.54, 1.807) is 6.20 Å². The van der Waals surface area contributed by atoms with Gasteiger partial charge in [0.15, 0.2) is 0 Å². The Bertz CT molecular complexity index is 467. The molecule has 2 heterocycles. The number of rotatable bonds is 3. The van der Waals surface area contributed by atoms with E-state index in [1.165, 1.54) is 0 Å². The predicted octanol–water partition coefficient (Wildman–Crippen LogP) is 0.825. The van der Waals surface area contributed by atoms with Gasteiger partial charge in [0.2, 0.25) is 5.91 Å². The topological polar surface area (TPSA) is 79.5 Å². The highest BCUT2D eigenvalue weighted by molar-refractivity contribution is 9.10. The molecule has 1 aliphatic heterocycles. The van der Waals surface area contributed by atoms with Crippen molar-refractivity contribution in [3.8, 4) is 0 Å². The lowest BCUT2D eigenvalue weighted by molar-refractivity contribution is -0.119. The van der Waals surface area contributed by atoms with Gasteiger partial charge in [-0.25, -0.2) is 0 Å². The smallest absolute Gasteiger partial charge is 0.217 e. The standard InChI is InChI=1S/C12H16BrN3O2/c1-7-12(13)9(2-3-15-7)16-5-8(4-11(14)18)10(17)6-16/h2-3,8,10,17H,4-6H2,1H3,(H2,14,18)/t8-,10-/m1/s1. The zero-order valence-corrected chi connectivity index (χ0v) is 11.7. The van der Waals surface area contributed by atoms with E-state index >= 15 is 0 Å². The number of aryl methyl sites for hydroxylation is 1. The van der Waals surface area contributed by atoms with Crippen LogP contribution in [-0.2, 0) is 4.79 Å². The number of aliphatic hydroxyl groups excluding tert-OH is 1. The molecule has 0 unspecified atom stereocenters. The Kier molecular flexibility index (Phi) is 3.87. The number of hydrogen-bond acceptors (Lipinski definition) is 4. The number of nitrogens with zero attached hydrogens (tertiary/aromatic N) is 2. The van der Waals surface area contributed by atoms with Crippen LogP contribution in [-0.4, -0.2) is 35.2 Å². The monoisotopic (exact) mass is 313 g/mol. The summed E-state index contributed by atoms with van der Waals surface area (Å²) in [6, 6.07) is 1.90. The molecular weight excluding hydrogens is 298 g/mol. The summed E-state index contributed by atoms with van der Waals surface area (Å²) in [4.78, 5) is 17.2. The van der Waals surface area contributed by atoms with Gasteiger partial charge in [0, 0.05) is 31.6 Å². The van der Waals surface area contributed by atoms with Crippen LogP contribution in [0.2, 0.25) is 0 Å². The van der Waals surface area contributed by atoms with Crippen molar-refractivity contribution in [2.24, 2.45) is 11.7 Å². The van der Waals surface area contributed by atoms with Crippen LogP contribution >= 0.6 is 15.9 Å². The number of carbonyl (C=O) groups is 1. The summed E-state index contributed by atoms with van der Waals surface area (Å²) in [5.41, 5.74) is 7.08. The van der Waals surface area contributed by atoms with Crippen molar-refractivity contribution in [1.82, 2.24) is 4.98 Å². The van der Waals surface area contributed by atoms with E-state index in [9.17, 15) is 9.90 Å². The first-order valence-corrected chi connectivity index (χ1v) is 6.60. The van der Waals surface area contributed by atoms with Crippen LogP contribution in [0.1, 0.15) is 12.1 Å². The summed E-state index contributed by atoms with van der Waals surface area (Å²) in [5, 5.41) is 9.95. The van der Waals surface area contributed by atoms with E-state index in [0.717, 1.165) is 15.9 Å². The Morgan fingerprint density at radius 1 is 1.67 bits per heavy atom. The molecule has 1 aromatic rings. The number of β-amino-alcohol motifs (C(OH)–C–C–N with tert-alkyl or cyclic N) is 1. The molecule has 1 aliphatic rings. The van der Waals surface area contributed by atoms with Gasteiger partial charge in [0.05, 0.1) is 22.0 Å². The quantitative estimate of drug-likeness (QED) is 0.866. The van der Waals surface area contributed by atoms with Crippen molar-refractivity contribution < 1.29 is 9.90 Å². The third kappa shape index (κ3) is 2.64. The largest absolute Gasteiger partial charge is 0.391 e. The molecule has 18 heavy (non-hydrogen) atoms. The average Bonchev–Trinajstić information content (AvgIpc) is 2.63. The molecule has 3 N–H and O–H groups in total. The van der Waals surface area contributed by atoms with Gasteiger partial charge in [-0.15, -0.1) is 0 Å². The average molecular weight is 314 g/mol. The summed E-state index contributed by atoms with van der Waals surface area (Å²) < 4.78 is 0.928. The number of aromatic nitrogens is 1. The van der Waals surface area contributed by atoms with Crippen molar-refractivity contribution in [2.75, 3.05) is 18.0 Å². The number of primary amides is 1. The predicted molar refractivity (Wildman–Crippen MR) is 72.2 cm³/mol. The Balaban J connectivity index is 2.16. The molecule has 98 valence electrons. The molecule has 1 amide bonds. The number of halogens is 1. The number of hydrogen-bond donors (Lipinski definition) is 2. The molecule has 0 saturated carbocycles. The van der Waals surface area contributed by atoms with Crippen LogP contribution in [0.25, 0.3) is 0 Å². The molecule has 0 radical (unpaired) electrons. The maximum Gasteiger partial charge on any atom is 0.217 e. The molecule has 0 aromatic carbocycles. The van der Waals surface area contributed by atoms with Gasteiger partial charge in [0.25, 0.3) is 0 Å².